The molecule has 0 N–H and O–H groups in total. The molecule has 0 spiro atoms. The number of ketones is 1. The van der Waals surface area contributed by atoms with E-state index in [0.29, 0.717) is 11.6 Å². The minimum atomic E-state index is 0.0787. The molecule has 0 bridgehead atoms. The van der Waals surface area contributed by atoms with Crippen molar-refractivity contribution in [3.05, 3.63) is 18.0 Å². The van der Waals surface area contributed by atoms with Crippen molar-refractivity contribution in [2.24, 2.45) is 0 Å². The number of rotatable bonds is 4. The predicted octanol–water partition coefficient (Wildman–Crippen LogP) is 2.45. The Bertz CT molecular complexity index is 291. The molecule has 0 aliphatic heterocycles. The van der Waals surface area contributed by atoms with Crippen LogP contribution in [0, 0.1) is 0 Å². The fourth-order valence-corrected chi connectivity index (χ4v) is 1.31. The fraction of sp³-hybridized carbons (Fsp3) is 0.600. The maximum absolute atomic E-state index is 11.0. The Labute approximate surface area is 78.8 Å². The van der Waals surface area contributed by atoms with E-state index in [1.165, 1.54) is 0 Å². The molecule has 0 aliphatic carbocycles. The Morgan fingerprint density at radius 1 is 1.69 bits per heavy atom. The Morgan fingerprint density at radius 2 is 2.38 bits per heavy atom. The van der Waals surface area contributed by atoms with Gasteiger partial charge in [0.1, 0.15) is 0 Å². The van der Waals surface area contributed by atoms with E-state index in [4.69, 9.17) is 0 Å². The summed E-state index contributed by atoms with van der Waals surface area (Å²) in [5.41, 5.74) is 0.697. The molecule has 1 atom stereocenters. The average Bonchev–Trinajstić information content (AvgIpc) is 2.52. The summed E-state index contributed by atoms with van der Waals surface area (Å²) in [6.07, 6.45) is 5.69. The zero-order chi connectivity index (χ0) is 9.84. The van der Waals surface area contributed by atoms with Crippen molar-refractivity contribution < 1.29 is 4.79 Å². The second-order valence-electron chi connectivity index (χ2n) is 3.40. The number of aromatic nitrogens is 2. The highest BCUT2D eigenvalue weighted by Crippen LogP contribution is 2.12. The fourth-order valence-electron chi connectivity index (χ4n) is 1.31. The van der Waals surface area contributed by atoms with Crippen molar-refractivity contribution in [1.82, 2.24) is 9.78 Å². The summed E-state index contributed by atoms with van der Waals surface area (Å²) in [4.78, 5) is 11.0. The number of carbonyl (C=O) groups excluding carboxylic acids is 1. The SMILES string of the molecule is CCCC(C)n1cc(C(C)=O)cn1. The first-order valence-electron chi connectivity index (χ1n) is 4.70. The normalized spacial score (nSPS) is 12.8. The monoisotopic (exact) mass is 180 g/mol. The van der Waals surface area contributed by atoms with E-state index in [0.717, 1.165) is 12.8 Å². The number of Topliss-reactive ketones (excluding diaryl/α,β-unsaturated/α-hetero) is 1. The highest BCUT2D eigenvalue weighted by atomic mass is 16.1. The lowest BCUT2D eigenvalue weighted by atomic mass is 10.2. The Morgan fingerprint density at radius 3 is 2.85 bits per heavy atom. The molecule has 13 heavy (non-hydrogen) atoms. The number of nitrogens with zero attached hydrogens (tertiary/aromatic N) is 2. The smallest absolute Gasteiger partial charge is 0.162 e. The molecular weight excluding hydrogens is 164 g/mol. The van der Waals surface area contributed by atoms with Crippen LogP contribution in [0.25, 0.3) is 0 Å². The van der Waals surface area contributed by atoms with Crippen LogP contribution in [0.5, 0.6) is 0 Å². The van der Waals surface area contributed by atoms with Crippen LogP contribution in [0.1, 0.15) is 50.0 Å². The largest absolute Gasteiger partial charge is 0.294 e. The van der Waals surface area contributed by atoms with Crippen LogP contribution in [0.2, 0.25) is 0 Å². The molecule has 1 aromatic heterocycles. The van der Waals surface area contributed by atoms with Gasteiger partial charge in [0.25, 0.3) is 0 Å². The van der Waals surface area contributed by atoms with Gasteiger partial charge in [0.15, 0.2) is 5.78 Å². The van der Waals surface area contributed by atoms with E-state index in [1.807, 2.05) is 10.9 Å². The first-order chi connectivity index (χ1) is 6.15. The standard InChI is InChI=1S/C10H16N2O/c1-4-5-8(2)12-7-10(6-11-12)9(3)13/h6-8H,4-5H2,1-3H3. The molecule has 1 rings (SSSR count). The molecule has 0 amide bonds. The third kappa shape index (κ3) is 2.41. The second kappa shape index (κ2) is 4.21. The molecule has 3 nitrogen and oxygen atoms in total. The zero-order valence-electron chi connectivity index (χ0n) is 8.45. The number of hydrogen-bond donors (Lipinski definition) is 0. The van der Waals surface area contributed by atoms with Crippen LogP contribution >= 0.6 is 0 Å². The predicted molar refractivity (Wildman–Crippen MR) is 51.9 cm³/mol. The van der Waals surface area contributed by atoms with Crippen LogP contribution in [0.3, 0.4) is 0 Å². The first-order valence-corrected chi connectivity index (χ1v) is 4.70. The minimum Gasteiger partial charge on any atom is -0.294 e. The van der Waals surface area contributed by atoms with Gasteiger partial charge in [0, 0.05) is 12.2 Å². The van der Waals surface area contributed by atoms with Gasteiger partial charge in [-0.15, -0.1) is 0 Å². The summed E-state index contributed by atoms with van der Waals surface area (Å²) < 4.78 is 1.86. The van der Waals surface area contributed by atoms with E-state index in [-0.39, 0.29) is 5.78 Å². The highest BCUT2D eigenvalue weighted by Gasteiger charge is 2.07. The molecular formula is C10H16N2O. The molecule has 1 heterocycles. The Kier molecular flexibility index (Phi) is 3.23. The Hall–Kier alpha value is -1.12. The molecule has 72 valence electrons. The van der Waals surface area contributed by atoms with Gasteiger partial charge < -0.3 is 0 Å². The summed E-state index contributed by atoms with van der Waals surface area (Å²) >= 11 is 0. The molecule has 0 saturated carbocycles. The molecule has 1 aromatic rings. The number of carbonyl (C=O) groups is 1. The minimum absolute atomic E-state index is 0.0787. The van der Waals surface area contributed by atoms with Gasteiger partial charge >= 0.3 is 0 Å². The summed E-state index contributed by atoms with van der Waals surface area (Å²) in [6.45, 7) is 5.82. The molecule has 0 fully saturated rings. The van der Waals surface area contributed by atoms with Crippen LogP contribution < -0.4 is 0 Å². The molecule has 1 unspecified atom stereocenters. The quantitative estimate of drug-likeness (QED) is 0.667. The van der Waals surface area contributed by atoms with Gasteiger partial charge in [-0.3, -0.25) is 9.48 Å². The number of hydrogen-bond acceptors (Lipinski definition) is 2. The zero-order valence-corrected chi connectivity index (χ0v) is 8.45. The molecule has 3 heteroatoms. The third-order valence-electron chi connectivity index (χ3n) is 2.17. The van der Waals surface area contributed by atoms with E-state index >= 15 is 0 Å². The van der Waals surface area contributed by atoms with Crippen molar-refractivity contribution in [3.8, 4) is 0 Å². The summed E-state index contributed by atoms with van der Waals surface area (Å²) in [7, 11) is 0. The maximum Gasteiger partial charge on any atom is 0.162 e. The van der Waals surface area contributed by atoms with Gasteiger partial charge in [-0.05, 0) is 20.3 Å². The van der Waals surface area contributed by atoms with E-state index in [9.17, 15) is 4.79 Å². The van der Waals surface area contributed by atoms with Crippen molar-refractivity contribution >= 4 is 5.78 Å². The molecule has 0 saturated heterocycles. The van der Waals surface area contributed by atoms with Gasteiger partial charge in [-0.2, -0.15) is 5.10 Å². The highest BCUT2D eigenvalue weighted by molar-refractivity contribution is 5.93. The van der Waals surface area contributed by atoms with E-state index < -0.39 is 0 Å². The van der Waals surface area contributed by atoms with Gasteiger partial charge in [-0.1, -0.05) is 13.3 Å². The lowest BCUT2D eigenvalue weighted by molar-refractivity contribution is 0.101. The van der Waals surface area contributed by atoms with E-state index in [2.05, 4.69) is 18.9 Å². The van der Waals surface area contributed by atoms with Crippen LogP contribution in [-0.2, 0) is 0 Å². The first kappa shape index (κ1) is 9.96. The summed E-state index contributed by atoms with van der Waals surface area (Å²) in [5, 5.41) is 4.15. The van der Waals surface area contributed by atoms with Crippen LogP contribution in [0.15, 0.2) is 12.4 Å². The van der Waals surface area contributed by atoms with Gasteiger partial charge in [0.2, 0.25) is 0 Å². The van der Waals surface area contributed by atoms with Crippen molar-refractivity contribution in [3.63, 3.8) is 0 Å². The molecule has 0 aliphatic rings. The van der Waals surface area contributed by atoms with Crippen molar-refractivity contribution in [2.45, 2.75) is 39.7 Å². The summed E-state index contributed by atoms with van der Waals surface area (Å²) in [5.74, 6) is 0.0787. The summed E-state index contributed by atoms with van der Waals surface area (Å²) in [6, 6.07) is 0.387. The lowest BCUT2D eigenvalue weighted by Crippen LogP contribution is -2.04. The maximum atomic E-state index is 11.0. The Balaban J connectivity index is 2.73. The molecule has 0 radical (unpaired) electrons. The van der Waals surface area contributed by atoms with Gasteiger partial charge in [0.05, 0.1) is 11.8 Å². The lowest BCUT2D eigenvalue weighted by Gasteiger charge is -2.09. The van der Waals surface area contributed by atoms with Crippen LogP contribution in [-0.4, -0.2) is 15.6 Å². The van der Waals surface area contributed by atoms with Crippen LogP contribution in [0.4, 0.5) is 0 Å². The third-order valence-corrected chi connectivity index (χ3v) is 2.17. The van der Waals surface area contributed by atoms with Crippen molar-refractivity contribution in [2.75, 3.05) is 0 Å². The molecule has 0 aromatic carbocycles. The average molecular weight is 180 g/mol. The van der Waals surface area contributed by atoms with Gasteiger partial charge in [-0.25, -0.2) is 0 Å². The second-order valence-corrected chi connectivity index (χ2v) is 3.40. The van der Waals surface area contributed by atoms with Crippen molar-refractivity contribution in [1.29, 1.82) is 0 Å². The van der Waals surface area contributed by atoms with E-state index in [1.54, 1.807) is 13.1 Å². The topological polar surface area (TPSA) is 34.9 Å².